The fourth-order valence-corrected chi connectivity index (χ4v) is 0.721. The molecular formula is C7H7N3O. The van der Waals surface area contributed by atoms with Crippen LogP contribution in [0, 0.1) is 11.3 Å². The van der Waals surface area contributed by atoms with E-state index in [0.29, 0.717) is 12.3 Å². The number of nitrogens with two attached hydrogens (primary N) is 1. The van der Waals surface area contributed by atoms with Gasteiger partial charge in [0.1, 0.15) is 11.8 Å². The summed E-state index contributed by atoms with van der Waals surface area (Å²) in [4.78, 5) is 8.17. The van der Waals surface area contributed by atoms with Gasteiger partial charge in [0.2, 0.25) is 0 Å². The number of aromatic nitrogens is 1. The van der Waals surface area contributed by atoms with E-state index in [-0.39, 0.29) is 0 Å². The van der Waals surface area contributed by atoms with Crippen LogP contribution in [0.3, 0.4) is 0 Å². The molecule has 0 aliphatic heterocycles. The summed E-state index contributed by atoms with van der Waals surface area (Å²) in [6.45, 7) is 0.303. The molecule has 0 radical (unpaired) electrons. The van der Waals surface area contributed by atoms with Gasteiger partial charge in [0.25, 0.3) is 0 Å². The zero-order valence-corrected chi connectivity index (χ0v) is 5.82. The molecule has 0 spiro atoms. The van der Waals surface area contributed by atoms with Crippen LogP contribution in [-0.2, 0) is 11.4 Å². The summed E-state index contributed by atoms with van der Waals surface area (Å²) in [5.41, 5.74) is 1.22. The van der Waals surface area contributed by atoms with E-state index in [2.05, 4.69) is 9.82 Å². The largest absolute Gasteiger partial charge is 0.300 e. The second-order valence-corrected chi connectivity index (χ2v) is 1.97. The molecule has 0 aliphatic rings. The summed E-state index contributed by atoms with van der Waals surface area (Å²) in [6, 6.07) is 5.29. The summed E-state index contributed by atoms with van der Waals surface area (Å²) >= 11 is 0. The summed E-state index contributed by atoms with van der Waals surface area (Å²) in [5, 5.41) is 8.45. The third-order valence-electron chi connectivity index (χ3n) is 1.19. The van der Waals surface area contributed by atoms with Crippen molar-refractivity contribution >= 4 is 0 Å². The Hall–Kier alpha value is -1.44. The Morgan fingerprint density at radius 2 is 2.55 bits per heavy atom. The van der Waals surface area contributed by atoms with Gasteiger partial charge in [-0.05, 0) is 17.7 Å². The van der Waals surface area contributed by atoms with Gasteiger partial charge in [0.15, 0.2) is 0 Å². The first-order chi connectivity index (χ1) is 5.36. The molecule has 0 amide bonds. The molecule has 0 bridgehead atoms. The van der Waals surface area contributed by atoms with Crippen molar-refractivity contribution in [1.82, 2.24) is 4.98 Å². The van der Waals surface area contributed by atoms with Crippen LogP contribution in [-0.4, -0.2) is 4.98 Å². The van der Waals surface area contributed by atoms with E-state index in [4.69, 9.17) is 11.2 Å². The minimum atomic E-state index is 0.303. The third kappa shape index (κ3) is 2.00. The van der Waals surface area contributed by atoms with Gasteiger partial charge < -0.3 is 0 Å². The first-order valence-electron chi connectivity index (χ1n) is 3.03. The van der Waals surface area contributed by atoms with Crippen molar-refractivity contribution in [3.8, 4) is 6.07 Å². The van der Waals surface area contributed by atoms with Crippen molar-refractivity contribution in [3.05, 3.63) is 29.6 Å². The van der Waals surface area contributed by atoms with Gasteiger partial charge in [-0.2, -0.15) is 5.26 Å². The Morgan fingerprint density at radius 3 is 3.18 bits per heavy atom. The van der Waals surface area contributed by atoms with Crippen molar-refractivity contribution in [1.29, 1.82) is 5.26 Å². The molecule has 1 rings (SSSR count). The van der Waals surface area contributed by atoms with Crippen LogP contribution in [0.4, 0.5) is 0 Å². The third-order valence-corrected chi connectivity index (χ3v) is 1.19. The molecule has 0 saturated heterocycles. The van der Waals surface area contributed by atoms with Gasteiger partial charge in [-0.3, -0.25) is 4.84 Å². The molecular weight excluding hydrogens is 142 g/mol. The predicted molar refractivity (Wildman–Crippen MR) is 37.9 cm³/mol. The first kappa shape index (κ1) is 7.66. The number of pyridine rings is 1. The monoisotopic (exact) mass is 149 g/mol. The Morgan fingerprint density at radius 1 is 1.73 bits per heavy atom. The van der Waals surface area contributed by atoms with Gasteiger partial charge in [-0.1, -0.05) is 0 Å². The van der Waals surface area contributed by atoms with Gasteiger partial charge >= 0.3 is 0 Å². The first-order valence-corrected chi connectivity index (χ1v) is 3.03. The maximum Gasteiger partial charge on any atom is 0.140 e. The SMILES string of the molecule is N#Cc1cc(CON)ccn1. The molecule has 0 saturated carbocycles. The van der Waals surface area contributed by atoms with E-state index < -0.39 is 0 Å². The fraction of sp³-hybridized carbons (Fsp3) is 0.143. The zero-order valence-electron chi connectivity index (χ0n) is 5.82. The van der Waals surface area contributed by atoms with Crippen molar-refractivity contribution in [2.24, 2.45) is 5.90 Å². The Balaban J connectivity index is 2.85. The Bertz CT molecular complexity index is 279. The molecule has 0 aromatic carbocycles. The van der Waals surface area contributed by atoms with Gasteiger partial charge in [0, 0.05) is 6.20 Å². The van der Waals surface area contributed by atoms with Crippen molar-refractivity contribution in [2.45, 2.75) is 6.61 Å². The second-order valence-electron chi connectivity index (χ2n) is 1.97. The molecule has 0 atom stereocenters. The summed E-state index contributed by atoms with van der Waals surface area (Å²) in [7, 11) is 0. The van der Waals surface area contributed by atoms with Gasteiger partial charge in [-0.15, -0.1) is 0 Å². The zero-order chi connectivity index (χ0) is 8.10. The highest BCUT2D eigenvalue weighted by Crippen LogP contribution is 2.00. The molecule has 0 fully saturated rings. The number of hydrogen-bond donors (Lipinski definition) is 1. The summed E-state index contributed by atoms with van der Waals surface area (Å²) in [6.07, 6.45) is 1.55. The molecule has 1 aromatic rings. The van der Waals surface area contributed by atoms with E-state index in [1.54, 1.807) is 18.3 Å². The number of rotatable bonds is 2. The maximum atomic E-state index is 8.45. The van der Waals surface area contributed by atoms with E-state index in [0.717, 1.165) is 5.56 Å². The normalized spacial score (nSPS) is 9.09. The number of hydrogen-bond acceptors (Lipinski definition) is 4. The van der Waals surface area contributed by atoms with Crippen LogP contribution >= 0.6 is 0 Å². The molecule has 0 aliphatic carbocycles. The summed E-state index contributed by atoms with van der Waals surface area (Å²) < 4.78 is 0. The minimum absolute atomic E-state index is 0.303. The average Bonchev–Trinajstić information content (AvgIpc) is 2.06. The smallest absolute Gasteiger partial charge is 0.140 e. The molecule has 4 heteroatoms. The molecule has 56 valence electrons. The van der Waals surface area contributed by atoms with Crippen LogP contribution in [0.1, 0.15) is 11.3 Å². The fourth-order valence-electron chi connectivity index (χ4n) is 0.721. The highest BCUT2D eigenvalue weighted by molar-refractivity contribution is 5.24. The average molecular weight is 149 g/mol. The van der Waals surface area contributed by atoms with Crippen LogP contribution < -0.4 is 5.90 Å². The van der Waals surface area contributed by atoms with Crippen LogP contribution in [0.15, 0.2) is 18.3 Å². The van der Waals surface area contributed by atoms with Crippen LogP contribution in [0.25, 0.3) is 0 Å². The summed E-state index contributed by atoms with van der Waals surface area (Å²) in [5.74, 6) is 4.85. The Kier molecular flexibility index (Phi) is 2.55. The lowest BCUT2D eigenvalue weighted by atomic mass is 10.2. The predicted octanol–water partition coefficient (Wildman–Crippen LogP) is 0.344. The van der Waals surface area contributed by atoms with E-state index >= 15 is 0 Å². The van der Waals surface area contributed by atoms with Crippen molar-refractivity contribution in [2.75, 3.05) is 0 Å². The highest BCUT2D eigenvalue weighted by atomic mass is 16.6. The Labute approximate surface area is 64.2 Å². The minimum Gasteiger partial charge on any atom is -0.300 e. The molecule has 11 heavy (non-hydrogen) atoms. The molecule has 1 heterocycles. The quantitative estimate of drug-likeness (QED) is 0.615. The second kappa shape index (κ2) is 3.66. The van der Waals surface area contributed by atoms with Crippen LogP contribution in [0.5, 0.6) is 0 Å². The van der Waals surface area contributed by atoms with Crippen molar-refractivity contribution in [3.63, 3.8) is 0 Å². The van der Waals surface area contributed by atoms with Crippen molar-refractivity contribution < 1.29 is 4.84 Å². The lowest BCUT2D eigenvalue weighted by Gasteiger charge is -1.96. The molecule has 1 aromatic heterocycles. The molecule has 2 N–H and O–H groups in total. The number of nitrogens with zero attached hydrogens (tertiary/aromatic N) is 2. The van der Waals surface area contributed by atoms with E-state index in [1.807, 2.05) is 6.07 Å². The van der Waals surface area contributed by atoms with Crippen LogP contribution in [0.2, 0.25) is 0 Å². The van der Waals surface area contributed by atoms with Gasteiger partial charge in [-0.25, -0.2) is 10.9 Å². The highest BCUT2D eigenvalue weighted by Gasteiger charge is 1.94. The van der Waals surface area contributed by atoms with Gasteiger partial charge in [0.05, 0.1) is 6.61 Å². The maximum absolute atomic E-state index is 8.45. The number of nitriles is 1. The lowest BCUT2D eigenvalue weighted by Crippen LogP contribution is -1.99. The molecule has 4 nitrogen and oxygen atoms in total. The van der Waals surface area contributed by atoms with E-state index in [9.17, 15) is 0 Å². The standard InChI is InChI=1S/C7H7N3O/c8-4-7-3-6(5-11-9)1-2-10-7/h1-3H,5,9H2. The molecule has 0 unspecified atom stereocenters. The lowest BCUT2D eigenvalue weighted by molar-refractivity contribution is 0.124. The van der Waals surface area contributed by atoms with E-state index in [1.165, 1.54) is 0 Å². The topological polar surface area (TPSA) is 71.9 Å².